The highest BCUT2D eigenvalue weighted by Crippen LogP contribution is 2.19. The zero-order valence-electron chi connectivity index (χ0n) is 17.9. The second-order valence-electron chi connectivity index (χ2n) is 7.17. The van der Waals surface area contributed by atoms with Gasteiger partial charge in [0.15, 0.2) is 5.11 Å². The Kier molecular flexibility index (Phi) is 7.94. The third-order valence-corrected chi connectivity index (χ3v) is 4.98. The molecule has 0 heterocycles. The number of carbonyl (C=O) groups is 2. The summed E-state index contributed by atoms with van der Waals surface area (Å²) >= 11 is 5.12. The van der Waals surface area contributed by atoms with Gasteiger partial charge >= 0.3 is 0 Å². The van der Waals surface area contributed by atoms with Crippen LogP contribution in [0.15, 0.2) is 78.9 Å². The highest BCUT2D eigenvalue weighted by Gasteiger charge is 2.11. The van der Waals surface area contributed by atoms with Crippen molar-refractivity contribution in [2.24, 2.45) is 0 Å². The zero-order chi connectivity index (χ0) is 22.9. The van der Waals surface area contributed by atoms with E-state index in [1.54, 1.807) is 36.4 Å². The first-order chi connectivity index (χ1) is 15.5. The molecular formula is C25H25N3O3S. The van der Waals surface area contributed by atoms with Crippen molar-refractivity contribution in [2.45, 2.75) is 26.4 Å². The van der Waals surface area contributed by atoms with Crippen molar-refractivity contribution < 1.29 is 14.3 Å². The molecule has 3 rings (SSSR count). The van der Waals surface area contributed by atoms with E-state index in [1.807, 2.05) is 56.3 Å². The summed E-state index contributed by atoms with van der Waals surface area (Å²) in [6.07, 6.45) is 0.909. The molecule has 7 heteroatoms. The van der Waals surface area contributed by atoms with Crippen molar-refractivity contribution in [3.05, 3.63) is 90.0 Å². The highest BCUT2D eigenvalue weighted by atomic mass is 32.1. The predicted octanol–water partition coefficient (Wildman–Crippen LogP) is 4.48. The lowest BCUT2D eigenvalue weighted by molar-refractivity contribution is 0.0934. The summed E-state index contributed by atoms with van der Waals surface area (Å²) in [6.45, 7) is 3.99. The van der Waals surface area contributed by atoms with Crippen LogP contribution in [0.4, 0.5) is 0 Å². The number of thiocarbonyl (C=S) groups is 1. The molecule has 6 nitrogen and oxygen atoms in total. The Balaban J connectivity index is 1.51. The molecule has 0 aliphatic carbocycles. The lowest BCUT2D eigenvalue weighted by atomic mass is 10.0. The monoisotopic (exact) mass is 447 g/mol. The summed E-state index contributed by atoms with van der Waals surface area (Å²) in [7, 11) is 0. The van der Waals surface area contributed by atoms with Crippen LogP contribution in [-0.2, 0) is 0 Å². The molecule has 0 saturated heterocycles. The van der Waals surface area contributed by atoms with Gasteiger partial charge in [-0.15, -0.1) is 0 Å². The predicted molar refractivity (Wildman–Crippen MR) is 129 cm³/mol. The molecule has 0 aliphatic heterocycles. The van der Waals surface area contributed by atoms with Gasteiger partial charge < -0.3 is 4.74 Å². The van der Waals surface area contributed by atoms with E-state index in [0.717, 1.165) is 17.5 Å². The maximum atomic E-state index is 12.4. The Bertz CT molecular complexity index is 1090. The quantitative estimate of drug-likeness (QED) is 0.384. The number of rotatable bonds is 6. The van der Waals surface area contributed by atoms with Crippen molar-refractivity contribution in [1.29, 1.82) is 0 Å². The molecule has 1 atom stereocenters. The average molecular weight is 448 g/mol. The molecular weight excluding hydrogens is 422 g/mol. The molecule has 164 valence electrons. The second-order valence-corrected chi connectivity index (χ2v) is 7.58. The Morgan fingerprint density at radius 3 is 2.22 bits per heavy atom. The van der Waals surface area contributed by atoms with Crippen LogP contribution in [-0.4, -0.2) is 23.0 Å². The minimum atomic E-state index is -0.404. The first-order valence-corrected chi connectivity index (χ1v) is 10.7. The number of hydrazine groups is 1. The van der Waals surface area contributed by atoms with Crippen molar-refractivity contribution in [2.75, 3.05) is 0 Å². The summed E-state index contributed by atoms with van der Waals surface area (Å²) in [5, 5.41) is 2.52. The van der Waals surface area contributed by atoms with Gasteiger partial charge in [-0.2, -0.15) is 0 Å². The van der Waals surface area contributed by atoms with E-state index >= 15 is 0 Å². The fourth-order valence-corrected chi connectivity index (χ4v) is 3.01. The molecule has 0 radical (unpaired) electrons. The van der Waals surface area contributed by atoms with Crippen LogP contribution in [0, 0.1) is 0 Å². The Morgan fingerprint density at radius 2 is 1.53 bits per heavy atom. The average Bonchev–Trinajstić information content (AvgIpc) is 2.83. The number of nitrogens with one attached hydrogen (secondary N) is 3. The Labute approximate surface area is 193 Å². The summed E-state index contributed by atoms with van der Waals surface area (Å²) in [4.78, 5) is 24.8. The summed E-state index contributed by atoms with van der Waals surface area (Å²) < 4.78 is 5.74. The third-order valence-electron chi connectivity index (χ3n) is 4.78. The van der Waals surface area contributed by atoms with Crippen molar-refractivity contribution >= 4 is 29.1 Å². The van der Waals surface area contributed by atoms with Crippen LogP contribution in [0.3, 0.4) is 0 Å². The van der Waals surface area contributed by atoms with Gasteiger partial charge in [0.05, 0.1) is 6.10 Å². The van der Waals surface area contributed by atoms with E-state index in [0.29, 0.717) is 16.9 Å². The molecule has 3 N–H and O–H groups in total. The zero-order valence-corrected chi connectivity index (χ0v) is 18.7. The van der Waals surface area contributed by atoms with E-state index in [2.05, 4.69) is 16.2 Å². The molecule has 1 unspecified atom stereocenters. The van der Waals surface area contributed by atoms with Gasteiger partial charge in [-0.05, 0) is 67.0 Å². The van der Waals surface area contributed by atoms with Gasteiger partial charge in [0.1, 0.15) is 5.75 Å². The summed E-state index contributed by atoms with van der Waals surface area (Å²) in [5.74, 6) is -0.165. The summed E-state index contributed by atoms with van der Waals surface area (Å²) in [5.41, 5.74) is 7.98. The van der Waals surface area contributed by atoms with Crippen molar-refractivity contribution in [1.82, 2.24) is 16.2 Å². The maximum absolute atomic E-state index is 12.4. The van der Waals surface area contributed by atoms with Gasteiger partial charge in [-0.1, -0.05) is 55.5 Å². The Hall–Kier alpha value is -3.71. The molecule has 0 fully saturated rings. The van der Waals surface area contributed by atoms with E-state index in [9.17, 15) is 9.59 Å². The van der Waals surface area contributed by atoms with Crippen molar-refractivity contribution in [3.63, 3.8) is 0 Å². The van der Waals surface area contributed by atoms with Crippen LogP contribution in [0.5, 0.6) is 5.75 Å². The van der Waals surface area contributed by atoms with Crippen LogP contribution in [0.2, 0.25) is 0 Å². The minimum absolute atomic E-state index is 0.0162. The smallest absolute Gasteiger partial charge is 0.269 e. The fraction of sp³-hybridized carbons (Fsp3) is 0.160. The number of carbonyl (C=O) groups excluding carboxylic acids is 2. The maximum Gasteiger partial charge on any atom is 0.269 e. The van der Waals surface area contributed by atoms with E-state index in [-0.39, 0.29) is 17.1 Å². The van der Waals surface area contributed by atoms with E-state index < -0.39 is 5.91 Å². The first kappa shape index (κ1) is 23.0. The number of hydrogen-bond donors (Lipinski definition) is 3. The molecule has 3 aromatic rings. The van der Waals surface area contributed by atoms with Crippen molar-refractivity contribution in [3.8, 4) is 16.9 Å². The number of hydrogen-bond acceptors (Lipinski definition) is 4. The SMILES string of the molecule is CCC(C)Oc1cccc(C(=O)NC(=S)NNC(=O)c2ccc(-c3ccccc3)cc2)c1. The number of benzene rings is 3. The van der Waals surface area contributed by atoms with E-state index in [4.69, 9.17) is 17.0 Å². The Morgan fingerprint density at radius 1 is 0.844 bits per heavy atom. The van der Waals surface area contributed by atoms with E-state index in [1.165, 1.54) is 0 Å². The molecule has 3 aromatic carbocycles. The van der Waals surface area contributed by atoms with Gasteiger partial charge in [0.25, 0.3) is 11.8 Å². The summed E-state index contributed by atoms with van der Waals surface area (Å²) in [6, 6.07) is 23.9. The molecule has 0 aromatic heterocycles. The number of ether oxygens (including phenoxy) is 1. The topological polar surface area (TPSA) is 79.5 Å². The number of amides is 2. The van der Waals surface area contributed by atoms with Crippen LogP contribution < -0.4 is 20.9 Å². The van der Waals surface area contributed by atoms with Crippen LogP contribution in [0.1, 0.15) is 41.0 Å². The molecule has 0 bridgehead atoms. The van der Waals surface area contributed by atoms with Gasteiger partial charge in [0, 0.05) is 11.1 Å². The van der Waals surface area contributed by atoms with Crippen LogP contribution in [0.25, 0.3) is 11.1 Å². The molecule has 0 spiro atoms. The normalized spacial score (nSPS) is 11.2. The largest absolute Gasteiger partial charge is 0.491 e. The molecule has 2 amide bonds. The molecule has 0 saturated carbocycles. The second kappa shape index (κ2) is 11.1. The third kappa shape index (κ3) is 6.39. The van der Waals surface area contributed by atoms with Gasteiger partial charge in [-0.25, -0.2) is 0 Å². The fourth-order valence-electron chi connectivity index (χ4n) is 2.86. The minimum Gasteiger partial charge on any atom is -0.491 e. The highest BCUT2D eigenvalue weighted by molar-refractivity contribution is 7.80. The van der Waals surface area contributed by atoms with Crippen LogP contribution >= 0.6 is 12.2 Å². The first-order valence-electron chi connectivity index (χ1n) is 10.3. The standard InChI is InChI=1S/C25H25N3O3S/c1-3-17(2)31-22-11-7-10-21(16-22)23(29)26-25(32)28-27-24(30)20-14-12-19(13-15-20)18-8-5-4-6-9-18/h4-17H,3H2,1-2H3,(H,27,30)(H2,26,28,29,32). The van der Waals surface area contributed by atoms with Gasteiger partial charge in [-0.3, -0.25) is 25.8 Å². The molecule has 0 aliphatic rings. The molecule has 32 heavy (non-hydrogen) atoms. The lowest BCUT2D eigenvalue weighted by Crippen LogP contribution is -2.48. The lowest BCUT2D eigenvalue weighted by Gasteiger charge is -2.14. The van der Waals surface area contributed by atoms with Gasteiger partial charge in [0.2, 0.25) is 0 Å².